The second-order valence-electron chi connectivity index (χ2n) is 5.73. The molecule has 1 aliphatic carbocycles. The maximum absolute atomic E-state index is 11.8. The van der Waals surface area contributed by atoms with Crippen LogP contribution in [0.1, 0.15) is 52.9 Å². The van der Waals surface area contributed by atoms with Gasteiger partial charge in [0.1, 0.15) is 0 Å². The summed E-state index contributed by atoms with van der Waals surface area (Å²) in [5.41, 5.74) is 0.331. The molecule has 1 rings (SSSR count). The van der Waals surface area contributed by atoms with E-state index in [1.54, 1.807) is 0 Å². The third kappa shape index (κ3) is 4.08. The molecule has 0 aromatic rings. The largest absolute Gasteiger partial charge is 0.355 e. The van der Waals surface area contributed by atoms with Crippen LogP contribution in [0.5, 0.6) is 0 Å². The quantitative estimate of drug-likeness (QED) is 0.789. The zero-order valence-corrected chi connectivity index (χ0v) is 12.3. The van der Waals surface area contributed by atoms with Crippen LogP contribution in [-0.4, -0.2) is 17.3 Å². The summed E-state index contributed by atoms with van der Waals surface area (Å²) in [6.07, 6.45) is 6.49. The fraction of sp³-hybridized carbons (Fsp3) is 0.923. The van der Waals surface area contributed by atoms with Gasteiger partial charge in [-0.3, -0.25) is 4.79 Å². The van der Waals surface area contributed by atoms with Crippen LogP contribution >= 0.6 is 15.9 Å². The van der Waals surface area contributed by atoms with Gasteiger partial charge in [-0.25, -0.2) is 0 Å². The molecule has 94 valence electrons. The monoisotopic (exact) mass is 289 g/mol. The summed E-state index contributed by atoms with van der Waals surface area (Å²) in [5.74, 6) is 0.487. The lowest BCUT2D eigenvalue weighted by Gasteiger charge is -2.34. The Hall–Kier alpha value is -0.0500. The number of halogens is 1. The van der Waals surface area contributed by atoms with E-state index in [1.807, 2.05) is 0 Å². The van der Waals surface area contributed by atoms with Crippen molar-refractivity contribution in [1.82, 2.24) is 5.32 Å². The third-order valence-electron chi connectivity index (χ3n) is 3.59. The number of carbonyl (C=O) groups excluding carboxylic acids is 1. The highest BCUT2D eigenvalue weighted by Crippen LogP contribution is 2.35. The number of hydrogen-bond donors (Lipinski definition) is 1. The highest BCUT2D eigenvalue weighted by molar-refractivity contribution is 9.10. The minimum Gasteiger partial charge on any atom is -0.355 e. The Morgan fingerprint density at radius 1 is 1.31 bits per heavy atom. The zero-order chi connectivity index (χ0) is 12.2. The summed E-state index contributed by atoms with van der Waals surface area (Å²) in [6.45, 7) is 7.24. The Morgan fingerprint density at radius 3 is 2.38 bits per heavy atom. The van der Waals surface area contributed by atoms with E-state index >= 15 is 0 Å². The van der Waals surface area contributed by atoms with Gasteiger partial charge in [0.15, 0.2) is 0 Å². The summed E-state index contributed by atoms with van der Waals surface area (Å²) in [7, 11) is 0. The first-order chi connectivity index (χ1) is 7.44. The Labute approximate surface area is 108 Å². The average molecular weight is 290 g/mol. The molecule has 3 heteroatoms. The van der Waals surface area contributed by atoms with E-state index < -0.39 is 0 Å². The molecule has 1 unspecified atom stereocenters. The number of carbonyl (C=O) groups is 1. The van der Waals surface area contributed by atoms with Gasteiger partial charge in [-0.05, 0) is 24.2 Å². The molecular weight excluding hydrogens is 266 g/mol. The van der Waals surface area contributed by atoms with Crippen molar-refractivity contribution in [3.8, 4) is 0 Å². The number of hydrogen-bond acceptors (Lipinski definition) is 1. The van der Waals surface area contributed by atoms with E-state index in [1.165, 1.54) is 32.1 Å². The topological polar surface area (TPSA) is 29.1 Å². The van der Waals surface area contributed by atoms with Gasteiger partial charge in [-0.1, -0.05) is 56.0 Å². The molecule has 0 spiro atoms. The van der Waals surface area contributed by atoms with Crippen LogP contribution in [-0.2, 0) is 4.79 Å². The van der Waals surface area contributed by atoms with E-state index in [0.29, 0.717) is 11.3 Å². The summed E-state index contributed by atoms with van der Waals surface area (Å²) < 4.78 is 0. The summed E-state index contributed by atoms with van der Waals surface area (Å²) >= 11 is 3.44. The van der Waals surface area contributed by atoms with Crippen LogP contribution < -0.4 is 5.32 Å². The molecule has 1 atom stereocenters. The van der Waals surface area contributed by atoms with E-state index in [9.17, 15) is 4.79 Å². The molecule has 0 radical (unpaired) electrons. The maximum Gasteiger partial charge on any atom is 0.234 e. The van der Waals surface area contributed by atoms with E-state index in [4.69, 9.17) is 0 Å². The van der Waals surface area contributed by atoms with E-state index in [2.05, 4.69) is 42.0 Å². The Kier molecular flexibility index (Phi) is 5.29. The Morgan fingerprint density at radius 2 is 1.88 bits per heavy atom. The van der Waals surface area contributed by atoms with Crippen molar-refractivity contribution in [3.63, 3.8) is 0 Å². The van der Waals surface area contributed by atoms with Gasteiger partial charge in [-0.2, -0.15) is 0 Å². The second-order valence-corrected chi connectivity index (χ2v) is 6.72. The van der Waals surface area contributed by atoms with Crippen LogP contribution in [0.15, 0.2) is 0 Å². The van der Waals surface area contributed by atoms with Crippen LogP contribution in [0.3, 0.4) is 0 Å². The highest BCUT2D eigenvalue weighted by Gasteiger charge is 2.28. The van der Waals surface area contributed by atoms with Crippen LogP contribution in [0.2, 0.25) is 0 Å². The first-order valence-corrected chi connectivity index (χ1v) is 7.28. The van der Waals surface area contributed by atoms with Gasteiger partial charge in [-0.15, -0.1) is 0 Å². The van der Waals surface area contributed by atoms with Gasteiger partial charge in [0.2, 0.25) is 5.91 Å². The highest BCUT2D eigenvalue weighted by atomic mass is 79.9. The van der Waals surface area contributed by atoms with Crippen LogP contribution in [0.25, 0.3) is 0 Å². The maximum atomic E-state index is 11.8. The van der Waals surface area contributed by atoms with Gasteiger partial charge >= 0.3 is 0 Å². The lowest BCUT2D eigenvalue weighted by atomic mass is 9.76. The average Bonchev–Trinajstić information content (AvgIpc) is 2.26. The summed E-state index contributed by atoms with van der Waals surface area (Å²) in [4.78, 5) is 11.8. The predicted octanol–water partition coefficient (Wildman–Crippen LogP) is 3.49. The van der Waals surface area contributed by atoms with Crippen molar-refractivity contribution in [2.75, 3.05) is 6.54 Å². The molecular formula is C13H24BrNO. The molecule has 1 fully saturated rings. The first kappa shape index (κ1) is 14.0. The fourth-order valence-electron chi connectivity index (χ4n) is 2.28. The lowest BCUT2D eigenvalue weighted by Crippen LogP contribution is -2.41. The van der Waals surface area contributed by atoms with Crippen molar-refractivity contribution in [3.05, 3.63) is 0 Å². The predicted molar refractivity (Wildman–Crippen MR) is 71.8 cm³/mol. The fourth-order valence-corrected chi connectivity index (χ4v) is 2.44. The molecule has 1 amide bonds. The number of amides is 1. The molecule has 1 aliphatic rings. The third-order valence-corrected chi connectivity index (χ3v) is 5.06. The van der Waals surface area contributed by atoms with Gasteiger partial charge in [0.05, 0.1) is 4.83 Å². The van der Waals surface area contributed by atoms with Crippen molar-refractivity contribution >= 4 is 21.8 Å². The molecule has 1 saturated carbocycles. The standard InChI is InChI=1S/C13H24BrNO/c1-10(2)11(14)12(16)15-9-13(3)7-5-4-6-8-13/h10-11H,4-9H2,1-3H3,(H,15,16). The molecule has 0 aliphatic heterocycles. The molecule has 2 nitrogen and oxygen atoms in total. The van der Waals surface area contributed by atoms with E-state index in [0.717, 1.165) is 6.54 Å². The zero-order valence-electron chi connectivity index (χ0n) is 10.7. The minimum atomic E-state index is -0.0558. The Balaban J connectivity index is 2.35. The smallest absolute Gasteiger partial charge is 0.234 e. The first-order valence-electron chi connectivity index (χ1n) is 6.36. The van der Waals surface area contributed by atoms with Crippen molar-refractivity contribution in [2.24, 2.45) is 11.3 Å². The van der Waals surface area contributed by atoms with Crippen molar-refractivity contribution in [2.45, 2.75) is 57.7 Å². The van der Waals surface area contributed by atoms with Crippen molar-refractivity contribution in [1.29, 1.82) is 0 Å². The number of alkyl halides is 1. The van der Waals surface area contributed by atoms with Gasteiger partial charge < -0.3 is 5.32 Å². The summed E-state index contributed by atoms with van der Waals surface area (Å²) in [6, 6.07) is 0. The summed E-state index contributed by atoms with van der Waals surface area (Å²) in [5, 5.41) is 3.09. The molecule has 16 heavy (non-hydrogen) atoms. The normalized spacial score (nSPS) is 21.8. The number of rotatable bonds is 4. The SMILES string of the molecule is CC(C)C(Br)C(=O)NCC1(C)CCCCC1. The molecule has 0 aromatic carbocycles. The van der Waals surface area contributed by atoms with Gasteiger partial charge in [0.25, 0.3) is 0 Å². The molecule has 0 aromatic heterocycles. The van der Waals surface area contributed by atoms with Gasteiger partial charge in [0, 0.05) is 6.54 Å². The van der Waals surface area contributed by atoms with Crippen molar-refractivity contribution < 1.29 is 4.79 Å². The molecule has 1 N–H and O–H groups in total. The molecule has 0 bridgehead atoms. The molecule has 0 heterocycles. The van der Waals surface area contributed by atoms with Crippen LogP contribution in [0, 0.1) is 11.3 Å². The Bertz CT molecular complexity index is 234. The minimum absolute atomic E-state index is 0.0558. The van der Waals surface area contributed by atoms with E-state index in [-0.39, 0.29) is 10.7 Å². The lowest BCUT2D eigenvalue weighted by molar-refractivity contribution is -0.121. The second kappa shape index (κ2) is 6.04. The van der Waals surface area contributed by atoms with Crippen LogP contribution in [0.4, 0.5) is 0 Å². The number of nitrogens with one attached hydrogen (secondary N) is 1. The molecule has 0 saturated heterocycles.